The van der Waals surface area contributed by atoms with Crippen LogP contribution in [0.4, 0.5) is 0 Å². The second-order valence-electron chi connectivity index (χ2n) is 6.40. The van der Waals surface area contributed by atoms with E-state index in [0.29, 0.717) is 6.42 Å². The van der Waals surface area contributed by atoms with Crippen LogP contribution in [-0.4, -0.2) is 24.2 Å². The van der Waals surface area contributed by atoms with Crippen molar-refractivity contribution in [1.29, 1.82) is 0 Å². The van der Waals surface area contributed by atoms with Crippen LogP contribution in [0.1, 0.15) is 26.3 Å². The maximum Gasteiger partial charge on any atom is 0.308 e. The number of benzene rings is 3. The number of hydrogen-bond donors (Lipinski definition) is 0. The molecular formula is C24H22O7. The number of hydrogen-bond acceptors (Lipinski definition) is 7. The highest BCUT2D eigenvalue weighted by Gasteiger charge is 2.12. The Morgan fingerprint density at radius 2 is 1.35 bits per heavy atom. The predicted octanol–water partition coefficient (Wildman–Crippen LogP) is 4.04. The molecule has 0 aromatic heterocycles. The summed E-state index contributed by atoms with van der Waals surface area (Å²) in [4.78, 5) is 43.0. The van der Waals surface area contributed by atoms with Crippen LogP contribution in [0.2, 0.25) is 0 Å². The Bertz CT molecular complexity index is 1100. The molecule has 0 heterocycles. The maximum atomic E-state index is 10.9. The number of esters is 3. The normalized spacial score (nSPS) is 9.77. The number of aldehydes is 1. The Kier molecular flexibility index (Phi) is 8.45. The molecule has 0 amide bonds. The second kappa shape index (κ2) is 11.3. The van der Waals surface area contributed by atoms with Gasteiger partial charge in [-0.3, -0.25) is 14.4 Å². The van der Waals surface area contributed by atoms with Crippen molar-refractivity contribution >= 4 is 35.0 Å². The van der Waals surface area contributed by atoms with E-state index in [1.54, 1.807) is 0 Å². The van der Waals surface area contributed by atoms with E-state index in [1.165, 1.54) is 49.7 Å². The van der Waals surface area contributed by atoms with Crippen LogP contribution in [0.25, 0.3) is 10.8 Å². The quantitative estimate of drug-likeness (QED) is 0.348. The van der Waals surface area contributed by atoms with Crippen molar-refractivity contribution in [3.63, 3.8) is 0 Å². The van der Waals surface area contributed by atoms with Crippen molar-refractivity contribution in [3.05, 3.63) is 66.2 Å². The molecule has 0 aliphatic carbocycles. The summed E-state index contributed by atoms with van der Waals surface area (Å²) < 4.78 is 14.5. The molecule has 0 radical (unpaired) electrons. The highest BCUT2D eigenvalue weighted by Crippen LogP contribution is 2.32. The summed E-state index contributed by atoms with van der Waals surface area (Å²) in [5.41, 5.74) is 1.10. The molecule has 160 valence electrons. The summed E-state index contributed by atoms with van der Waals surface area (Å²) in [6.45, 7) is 3.67. The van der Waals surface area contributed by atoms with Gasteiger partial charge < -0.3 is 19.0 Å². The van der Waals surface area contributed by atoms with Crippen molar-refractivity contribution in [2.24, 2.45) is 0 Å². The Morgan fingerprint density at radius 3 is 2.00 bits per heavy atom. The summed E-state index contributed by atoms with van der Waals surface area (Å²) in [7, 11) is 0. The van der Waals surface area contributed by atoms with Crippen LogP contribution in [0.3, 0.4) is 0 Å². The van der Waals surface area contributed by atoms with Gasteiger partial charge in [0.2, 0.25) is 0 Å². The summed E-state index contributed by atoms with van der Waals surface area (Å²) in [5.74, 6) is -1.37. The van der Waals surface area contributed by atoms with Crippen molar-refractivity contribution in [2.45, 2.75) is 27.2 Å². The lowest BCUT2D eigenvalue weighted by Crippen LogP contribution is -2.08. The second-order valence-corrected chi connectivity index (χ2v) is 6.40. The Hall–Kier alpha value is -4.00. The van der Waals surface area contributed by atoms with Crippen LogP contribution >= 0.6 is 0 Å². The molecule has 0 atom stereocenters. The SMILES string of the molecule is CC(=O)Oc1ccc(OC(C)=O)c(OC(C)=O)c1.O=CCc1cccc2ccccc12. The number of carbonyl (C=O) groups excluding carboxylic acids is 4. The van der Waals surface area contributed by atoms with E-state index in [2.05, 4.69) is 12.1 Å². The zero-order chi connectivity index (χ0) is 22.8. The molecule has 31 heavy (non-hydrogen) atoms. The van der Waals surface area contributed by atoms with Gasteiger partial charge in [-0.1, -0.05) is 42.5 Å². The molecule has 0 fully saturated rings. The molecule has 7 nitrogen and oxygen atoms in total. The molecule has 0 spiro atoms. The van der Waals surface area contributed by atoms with E-state index in [4.69, 9.17) is 14.2 Å². The van der Waals surface area contributed by atoms with Gasteiger partial charge in [-0.2, -0.15) is 0 Å². The summed E-state index contributed by atoms with van der Waals surface area (Å²) in [5, 5.41) is 2.37. The maximum absolute atomic E-state index is 10.9. The smallest absolute Gasteiger partial charge is 0.308 e. The predicted molar refractivity (Wildman–Crippen MR) is 114 cm³/mol. The molecule has 0 aliphatic rings. The molecule has 3 aromatic rings. The summed E-state index contributed by atoms with van der Waals surface area (Å²) >= 11 is 0. The van der Waals surface area contributed by atoms with Crippen molar-refractivity contribution in [2.75, 3.05) is 0 Å². The van der Waals surface area contributed by atoms with Crippen LogP contribution in [-0.2, 0) is 25.6 Å². The first-order valence-corrected chi connectivity index (χ1v) is 9.39. The lowest BCUT2D eigenvalue weighted by molar-refractivity contribution is -0.134. The third-order valence-electron chi connectivity index (χ3n) is 3.87. The minimum absolute atomic E-state index is 0.0106. The Balaban J connectivity index is 0.000000231. The van der Waals surface area contributed by atoms with Crippen LogP contribution in [0.15, 0.2) is 60.7 Å². The highest BCUT2D eigenvalue weighted by atomic mass is 16.6. The highest BCUT2D eigenvalue weighted by molar-refractivity contribution is 5.87. The fraction of sp³-hybridized carbons (Fsp3) is 0.167. The average molecular weight is 422 g/mol. The topological polar surface area (TPSA) is 96.0 Å². The summed E-state index contributed by atoms with van der Waals surface area (Å²) in [6, 6.07) is 18.2. The molecular weight excluding hydrogens is 400 g/mol. The van der Waals surface area contributed by atoms with Gasteiger partial charge >= 0.3 is 17.9 Å². The number of rotatable bonds is 5. The van der Waals surface area contributed by atoms with E-state index < -0.39 is 17.9 Å². The Labute approximate surface area is 179 Å². The van der Waals surface area contributed by atoms with Gasteiger partial charge in [0, 0.05) is 33.3 Å². The third kappa shape index (κ3) is 7.40. The first-order valence-electron chi connectivity index (χ1n) is 9.39. The van der Waals surface area contributed by atoms with Crippen LogP contribution < -0.4 is 14.2 Å². The third-order valence-corrected chi connectivity index (χ3v) is 3.87. The molecule has 7 heteroatoms. The van der Waals surface area contributed by atoms with Crippen molar-refractivity contribution in [3.8, 4) is 17.2 Å². The van der Waals surface area contributed by atoms with Gasteiger partial charge in [-0.15, -0.1) is 0 Å². The van der Waals surface area contributed by atoms with Gasteiger partial charge in [0.15, 0.2) is 11.5 Å². The van der Waals surface area contributed by atoms with Gasteiger partial charge in [0.1, 0.15) is 12.0 Å². The van der Waals surface area contributed by atoms with Gasteiger partial charge in [-0.05, 0) is 28.5 Å². The first kappa shape index (κ1) is 23.3. The largest absolute Gasteiger partial charge is 0.427 e. The molecule has 0 aliphatic heterocycles. The van der Waals surface area contributed by atoms with E-state index >= 15 is 0 Å². The van der Waals surface area contributed by atoms with E-state index in [9.17, 15) is 19.2 Å². The van der Waals surface area contributed by atoms with Gasteiger partial charge in [-0.25, -0.2) is 0 Å². The van der Waals surface area contributed by atoms with Gasteiger partial charge in [0.05, 0.1) is 0 Å². The average Bonchev–Trinajstić information content (AvgIpc) is 2.70. The molecule has 0 unspecified atom stereocenters. The minimum Gasteiger partial charge on any atom is -0.427 e. The number of fused-ring (bicyclic) bond motifs is 1. The zero-order valence-electron chi connectivity index (χ0n) is 17.4. The lowest BCUT2D eigenvalue weighted by Gasteiger charge is -2.10. The standard InChI is InChI=1S/C12H12O6.C12H10O/c1-7(13)16-10-4-5-11(17-8(2)14)12(6-10)18-9(3)15;13-9-8-11-6-3-5-10-4-1-2-7-12(10)11/h4-6H,1-3H3;1-7,9H,8H2. The fourth-order valence-electron chi connectivity index (χ4n) is 2.75. The van der Waals surface area contributed by atoms with Crippen LogP contribution in [0.5, 0.6) is 17.2 Å². The van der Waals surface area contributed by atoms with Crippen molar-refractivity contribution < 1.29 is 33.4 Å². The van der Waals surface area contributed by atoms with E-state index in [0.717, 1.165) is 11.8 Å². The molecule has 3 rings (SSSR count). The fourth-order valence-corrected chi connectivity index (χ4v) is 2.75. The minimum atomic E-state index is -0.580. The molecule has 0 saturated heterocycles. The van der Waals surface area contributed by atoms with E-state index in [-0.39, 0.29) is 17.2 Å². The molecule has 0 bridgehead atoms. The number of ether oxygens (including phenoxy) is 3. The molecule has 3 aromatic carbocycles. The monoisotopic (exact) mass is 422 g/mol. The van der Waals surface area contributed by atoms with Crippen molar-refractivity contribution in [1.82, 2.24) is 0 Å². The van der Waals surface area contributed by atoms with E-state index in [1.807, 2.05) is 30.3 Å². The molecule has 0 N–H and O–H groups in total. The van der Waals surface area contributed by atoms with Gasteiger partial charge in [0.25, 0.3) is 0 Å². The number of carbonyl (C=O) groups is 4. The molecule has 0 saturated carbocycles. The Morgan fingerprint density at radius 1 is 0.742 bits per heavy atom. The van der Waals surface area contributed by atoms with Crippen LogP contribution in [0, 0.1) is 0 Å². The first-order chi connectivity index (χ1) is 14.8. The summed E-state index contributed by atoms with van der Waals surface area (Å²) in [6.07, 6.45) is 1.45. The lowest BCUT2D eigenvalue weighted by atomic mass is 10.0. The zero-order valence-corrected chi connectivity index (χ0v) is 17.4.